The normalized spacial score (nSPS) is 14.0. The van der Waals surface area contributed by atoms with Crippen molar-refractivity contribution in [1.82, 2.24) is 10.2 Å². The van der Waals surface area contributed by atoms with E-state index in [1.54, 1.807) is 48.5 Å². The van der Waals surface area contributed by atoms with Crippen LogP contribution in [0.5, 0.6) is 0 Å². The lowest BCUT2D eigenvalue weighted by Crippen LogP contribution is -2.54. The number of benzene rings is 4. The highest BCUT2D eigenvalue weighted by atomic mass is 35.5. The maximum absolute atomic E-state index is 14.7. The summed E-state index contributed by atoms with van der Waals surface area (Å²) in [7, 11) is -4.20. The first-order chi connectivity index (χ1) is 22.9. The number of carbonyl (C=O) groups excluding carboxylic acids is 2. The van der Waals surface area contributed by atoms with Crippen molar-refractivity contribution in [3.8, 4) is 0 Å². The van der Waals surface area contributed by atoms with Crippen LogP contribution in [0.4, 0.5) is 5.69 Å². The van der Waals surface area contributed by atoms with Gasteiger partial charge < -0.3 is 10.2 Å². The molecule has 0 aliphatic heterocycles. The van der Waals surface area contributed by atoms with Crippen molar-refractivity contribution in [2.24, 2.45) is 0 Å². The van der Waals surface area contributed by atoms with Crippen molar-refractivity contribution in [1.29, 1.82) is 0 Å². The summed E-state index contributed by atoms with van der Waals surface area (Å²) in [6.45, 7) is 5.12. The van der Waals surface area contributed by atoms with Crippen molar-refractivity contribution < 1.29 is 18.0 Å². The molecule has 2 amide bonds. The molecule has 1 atom stereocenters. The van der Waals surface area contributed by atoms with Crippen LogP contribution in [-0.2, 0) is 32.6 Å². The molecular weight excluding hydrogens is 665 g/mol. The molecule has 4 aromatic rings. The summed E-state index contributed by atoms with van der Waals surface area (Å²) in [5, 5.41) is 3.87. The van der Waals surface area contributed by atoms with Crippen molar-refractivity contribution in [2.75, 3.05) is 10.8 Å². The standard InChI is InChI=1S/C38H41Cl2N3O4S/c1-26-13-17-32(18-14-26)48(46,47)43(35-20-15-27(2)21-28(35)3)25-37(44)42(24-30-16-19-33(39)34(40)22-30)36(23-29-9-5-4-6-10-29)38(45)41-31-11-7-8-12-31/h4-6,9-10,13-22,31,36H,7-8,11-12,23-25H2,1-3H3,(H,41,45)/t36-/m0/s1. The fraction of sp³-hybridized carbons (Fsp3) is 0.316. The van der Waals surface area contributed by atoms with Crippen LogP contribution in [0.2, 0.25) is 10.0 Å². The maximum Gasteiger partial charge on any atom is 0.264 e. The van der Waals surface area contributed by atoms with Gasteiger partial charge in [0.05, 0.1) is 20.6 Å². The van der Waals surface area contributed by atoms with E-state index in [9.17, 15) is 18.0 Å². The topological polar surface area (TPSA) is 86.8 Å². The Bertz CT molecular complexity index is 1860. The number of carbonyl (C=O) groups is 2. The second-order valence-electron chi connectivity index (χ2n) is 12.6. The summed E-state index contributed by atoms with van der Waals surface area (Å²) in [6.07, 6.45) is 4.05. The highest BCUT2D eigenvalue weighted by molar-refractivity contribution is 7.92. The number of sulfonamides is 1. The van der Waals surface area contributed by atoms with E-state index >= 15 is 0 Å². The Labute approximate surface area is 293 Å². The Kier molecular flexibility index (Phi) is 11.5. The lowest BCUT2D eigenvalue weighted by molar-refractivity contribution is -0.140. The van der Waals surface area contributed by atoms with Crippen molar-refractivity contribution in [3.05, 3.63) is 129 Å². The third-order valence-electron chi connectivity index (χ3n) is 8.82. The zero-order chi connectivity index (χ0) is 34.4. The van der Waals surface area contributed by atoms with Gasteiger partial charge in [-0.05, 0) is 80.6 Å². The Morgan fingerprint density at radius 1 is 0.812 bits per heavy atom. The largest absolute Gasteiger partial charge is 0.352 e. The van der Waals surface area contributed by atoms with Gasteiger partial charge >= 0.3 is 0 Å². The molecule has 5 rings (SSSR count). The minimum atomic E-state index is -4.20. The lowest BCUT2D eigenvalue weighted by Gasteiger charge is -2.34. The third-order valence-corrected chi connectivity index (χ3v) is 11.3. The van der Waals surface area contributed by atoms with E-state index in [-0.39, 0.29) is 29.8 Å². The lowest BCUT2D eigenvalue weighted by atomic mass is 10.0. The highest BCUT2D eigenvalue weighted by Crippen LogP contribution is 2.30. The van der Waals surface area contributed by atoms with Gasteiger partial charge in [-0.3, -0.25) is 13.9 Å². The van der Waals surface area contributed by atoms with E-state index in [1.165, 1.54) is 4.90 Å². The fourth-order valence-electron chi connectivity index (χ4n) is 6.19. The molecule has 1 saturated carbocycles. The van der Waals surface area contributed by atoms with Crippen LogP contribution in [-0.4, -0.2) is 43.8 Å². The molecule has 10 heteroatoms. The first-order valence-corrected chi connectivity index (χ1v) is 18.4. The first kappa shape index (κ1) is 35.5. The van der Waals surface area contributed by atoms with E-state index < -0.39 is 28.5 Å². The summed E-state index contributed by atoms with van der Waals surface area (Å²) in [6, 6.07) is 25.7. The van der Waals surface area contributed by atoms with Gasteiger partial charge in [0.15, 0.2) is 0 Å². The average Bonchev–Trinajstić information content (AvgIpc) is 3.57. The molecule has 0 heterocycles. The minimum Gasteiger partial charge on any atom is -0.352 e. The van der Waals surface area contributed by atoms with Crippen LogP contribution in [0, 0.1) is 20.8 Å². The Morgan fingerprint density at radius 3 is 2.12 bits per heavy atom. The SMILES string of the molecule is Cc1ccc(S(=O)(=O)N(CC(=O)N(Cc2ccc(Cl)c(Cl)c2)[C@@H](Cc2ccccc2)C(=O)NC2CCCC2)c2ccc(C)cc2C)cc1. The molecule has 0 spiro atoms. The number of rotatable bonds is 12. The summed E-state index contributed by atoms with van der Waals surface area (Å²) < 4.78 is 29.9. The number of nitrogens with zero attached hydrogens (tertiary/aromatic N) is 2. The zero-order valence-corrected chi connectivity index (χ0v) is 29.8. The van der Waals surface area contributed by atoms with Gasteiger partial charge in [0, 0.05) is 19.0 Å². The van der Waals surface area contributed by atoms with Gasteiger partial charge in [0.2, 0.25) is 11.8 Å². The van der Waals surface area contributed by atoms with Gasteiger partial charge in [-0.15, -0.1) is 0 Å². The number of halogens is 2. The Morgan fingerprint density at radius 2 is 1.48 bits per heavy atom. The van der Waals surface area contributed by atoms with Crippen LogP contribution in [0.15, 0.2) is 95.9 Å². The molecule has 1 aliphatic carbocycles. The monoisotopic (exact) mass is 705 g/mol. The van der Waals surface area contributed by atoms with E-state index in [1.807, 2.05) is 63.2 Å². The van der Waals surface area contributed by atoms with E-state index in [2.05, 4.69) is 5.32 Å². The molecule has 0 unspecified atom stereocenters. The zero-order valence-electron chi connectivity index (χ0n) is 27.5. The maximum atomic E-state index is 14.7. The second-order valence-corrected chi connectivity index (χ2v) is 15.3. The molecular formula is C38H41Cl2N3O4S. The second kappa shape index (κ2) is 15.6. The molecule has 0 aromatic heterocycles. The van der Waals surface area contributed by atoms with Crippen molar-refractivity contribution in [2.45, 2.75) is 76.4 Å². The molecule has 1 N–H and O–H groups in total. The summed E-state index contributed by atoms with van der Waals surface area (Å²) in [5.41, 5.74) is 4.49. The molecule has 1 aliphatic rings. The predicted octanol–water partition coefficient (Wildman–Crippen LogP) is 7.81. The first-order valence-electron chi connectivity index (χ1n) is 16.2. The number of amides is 2. The summed E-state index contributed by atoms with van der Waals surface area (Å²) in [5.74, 6) is -0.808. The van der Waals surface area contributed by atoms with Crippen LogP contribution >= 0.6 is 23.2 Å². The minimum absolute atomic E-state index is 0.0105. The van der Waals surface area contributed by atoms with Gasteiger partial charge in [-0.1, -0.05) is 108 Å². The summed E-state index contributed by atoms with van der Waals surface area (Å²) in [4.78, 5) is 30.5. The fourth-order valence-corrected chi connectivity index (χ4v) is 7.99. The number of anilines is 1. The third kappa shape index (κ3) is 8.59. The average molecular weight is 707 g/mol. The molecule has 4 aromatic carbocycles. The molecule has 252 valence electrons. The number of aryl methyl sites for hydroxylation is 3. The molecule has 0 bridgehead atoms. The predicted molar refractivity (Wildman–Crippen MR) is 193 cm³/mol. The molecule has 48 heavy (non-hydrogen) atoms. The van der Waals surface area contributed by atoms with E-state index in [0.717, 1.165) is 46.7 Å². The van der Waals surface area contributed by atoms with Crippen LogP contribution < -0.4 is 9.62 Å². The van der Waals surface area contributed by atoms with Crippen LogP contribution in [0.25, 0.3) is 0 Å². The van der Waals surface area contributed by atoms with Gasteiger partial charge in [-0.25, -0.2) is 8.42 Å². The Hall–Kier alpha value is -3.85. The summed E-state index contributed by atoms with van der Waals surface area (Å²) >= 11 is 12.6. The van der Waals surface area contributed by atoms with E-state index in [4.69, 9.17) is 23.2 Å². The van der Waals surface area contributed by atoms with Gasteiger partial charge in [0.25, 0.3) is 10.0 Å². The number of nitrogens with one attached hydrogen (secondary N) is 1. The molecule has 7 nitrogen and oxygen atoms in total. The van der Waals surface area contributed by atoms with Crippen LogP contribution in [0.1, 0.15) is 53.5 Å². The van der Waals surface area contributed by atoms with Gasteiger partial charge in [0.1, 0.15) is 12.6 Å². The van der Waals surface area contributed by atoms with Gasteiger partial charge in [-0.2, -0.15) is 0 Å². The van der Waals surface area contributed by atoms with Crippen LogP contribution in [0.3, 0.4) is 0 Å². The van der Waals surface area contributed by atoms with E-state index in [0.29, 0.717) is 26.9 Å². The smallest absolute Gasteiger partial charge is 0.264 e. The quantitative estimate of drug-likeness (QED) is 0.163. The number of hydrogen-bond acceptors (Lipinski definition) is 4. The highest BCUT2D eigenvalue weighted by Gasteiger charge is 2.36. The number of hydrogen-bond donors (Lipinski definition) is 1. The van der Waals surface area contributed by atoms with Crippen molar-refractivity contribution >= 4 is 50.7 Å². The Balaban J connectivity index is 1.59. The molecule has 0 radical (unpaired) electrons. The van der Waals surface area contributed by atoms with Crippen molar-refractivity contribution in [3.63, 3.8) is 0 Å². The molecule has 0 saturated heterocycles. The molecule has 1 fully saturated rings.